The molecule has 0 fully saturated rings. The summed E-state index contributed by atoms with van der Waals surface area (Å²) in [5.41, 5.74) is 0.715. The van der Waals surface area contributed by atoms with Crippen molar-refractivity contribution in [3.63, 3.8) is 0 Å². The molecule has 0 aliphatic rings. The molecule has 1 aromatic rings. The lowest BCUT2D eigenvalue weighted by Crippen LogP contribution is -2.39. The Kier molecular flexibility index (Phi) is 19.2. The zero-order valence-electron chi connectivity index (χ0n) is 31.0. The monoisotopic (exact) mass is 754 g/mol. The summed E-state index contributed by atoms with van der Waals surface area (Å²) < 4.78 is 44.6. The topological polar surface area (TPSA) is 237 Å². The van der Waals surface area contributed by atoms with Crippen molar-refractivity contribution >= 4 is 53.7 Å². The van der Waals surface area contributed by atoms with Gasteiger partial charge in [0.1, 0.15) is 6.61 Å². The van der Waals surface area contributed by atoms with E-state index in [-0.39, 0.29) is 13.0 Å². The first-order chi connectivity index (χ1) is 24.8. The van der Waals surface area contributed by atoms with Crippen molar-refractivity contribution in [3.8, 4) is 0 Å². The van der Waals surface area contributed by atoms with E-state index in [2.05, 4.69) is 0 Å². The average molecular weight is 755 g/mol. The van der Waals surface area contributed by atoms with Crippen LogP contribution in [0.5, 0.6) is 0 Å². The van der Waals surface area contributed by atoms with Gasteiger partial charge >= 0.3 is 53.7 Å². The minimum Gasteiger partial charge on any atom is -0.458 e. The summed E-state index contributed by atoms with van der Waals surface area (Å²) in [7, 11) is 0. The van der Waals surface area contributed by atoms with E-state index in [4.69, 9.17) is 42.6 Å². The van der Waals surface area contributed by atoms with Crippen molar-refractivity contribution < 1.29 is 85.8 Å². The lowest BCUT2D eigenvalue weighted by molar-refractivity contribution is -0.189. The van der Waals surface area contributed by atoms with E-state index >= 15 is 0 Å². The highest BCUT2D eigenvalue weighted by atomic mass is 16.7. The molecule has 0 saturated carbocycles. The minimum atomic E-state index is -1.61. The van der Waals surface area contributed by atoms with Gasteiger partial charge in [-0.25, -0.2) is 38.4 Å². The van der Waals surface area contributed by atoms with Crippen LogP contribution in [0.4, 0.5) is 0 Å². The molecule has 53 heavy (non-hydrogen) atoms. The first kappa shape index (κ1) is 45.5. The molecule has 0 bridgehead atoms. The molecule has 0 spiro atoms. The number of rotatable bonds is 20. The molecule has 18 nitrogen and oxygen atoms in total. The van der Waals surface area contributed by atoms with E-state index in [1.54, 1.807) is 37.3 Å². The van der Waals surface area contributed by atoms with Crippen LogP contribution < -0.4 is 0 Å². The second kappa shape index (κ2) is 22.4. The molecule has 18 heteroatoms. The fourth-order valence-corrected chi connectivity index (χ4v) is 3.58. The molecule has 0 aliphatic heterocycles. The van der Waals surface area contributed by atoms with Crippen molar-refractivity contribution in [2.45, 2.75) is 131 Å². The number of hydrogen-bond donors (Lipinski definition) is 0. The van der Waals surface area contributed by atoms with Gasteiger partial charge in [-0.1, -0.05) is 37.3 Å². The Hall–Kier alpha value is -5.55. The summed E-state index contributed by atoms with van der Waals surface area (Å²) in [6, 6.07) is 8.78. The lowest BCUT2D eigenvalue weighted by Gasteiger charge is -2.21. The zero-order valence-corrected chi connectivity index (χ0v) is 31.0. The maximum Gasteiger partial charge on any atom is 0.347 e. The van der Waals surface area contributed by atoms with Crippen LogP contribution in [-0.2, 0) is 92.4 Å². The van der Waals surface area contributed by atoms with E-state index in [0.29, 0.717) is 12.0 Å². The van der Waals surface area contributed by atoms with Gasteiger partial charge in [-0.2, -0.15) is 0 Å². The normalized spacial score (nSPS) is 15.2. The molecule has 0 radical (unpaired) electrons. The Morgan fingerprint density at radius 1 is 0.415 bits per heavy atom. The lowest BCUT2D eigenvalue weighted by atomic mass is 10.2. The maximum atomic E-state index is 12.5. The van der Waals surface area contributed by atoms with E-state index in [1.165, 1.54) is 13.8 Å². The fourth-order valence-electron chi connectivity index (χ4n) is 3.58. The molecule has 1 aromatic carbocycles. The predicted octanol–water partition coefficient (Wildman–Crippen LogP) is 1.98. The highest BCUT2D eigenvalue weighted by Gasteiger charge is 2.33. The second-order valence-electron chi connectivity index (χ2n) is 11.5. The smallest absolute Gasteiger partial charge is 0.347 e. The molecule has 0 saturated heterocycles. The van der Waals surface area contributed by atoms with Gasteiger partial charge in [-0.05, 0) is 67.4 Å². The maximum absolute atomic E-state index is 12.5. The number of hydrogen-bond acceptors (Lipinski definition) is 18. The van der Waals surface area contributed by atoms with Crippen molar-refractivity contribution in [2.24, 2.45) is 0 Å². The third-order valence-corrected chi connectivity index (χ3v) is 6.69. The molecule has 1 rings (SSSR count). The van der Waals surface area contributed by atoms with E-state index in [0.717, 1.165) is 41.5 Å². The molecule has 8 atom stereocenters. The molecule has 0 aromatic heterocycles. The Balaban J connectivity index is 2.50. The van der Waals surface area contributed by atoms with Crippen LogP contribution in [0, 0.1) is 0 Å². The van der Waals surface area contributed by atoms with Gasteiger partial charge in [0.2, 0.25) is 0 Å². The predicted molar refractivity (Wildman–Crippen MR) is 176 cm³/mol. The van der Waals surface area contributed by atoms with Gasteiger partial charge in [0, 0.05) is 6.42 Å². The number of carbonyl (C=O) groups excluding carboxylic acids is 9. The van der Waals surface area contributed by atoms with Gasteiger partial charge in [-0.15, -0.1) is 0 Å². The van der Waals surface area contributed by atoms with Crippen molar-refractivity contribution in [1.29, 1.82) is 0 Å². The van der Waals surface area contributed by atoms with E-state index in [9.17, 15) is 43.2 Å². The number of esters is 9. The Bertz CT molecular complexity index is 1460. The molecule has 0 aliphatic carbocycles. The fraction of sp³-hybridized carbons (Fsp3) is 0.571. The van der Waals surface area contributed by atoms with Crippen LogP contribution in [0.3, 0.4) is 0 Å². The van der Waals surface area contributed by atoms with Gasteiger partial charge in [0.15, 0.2) is 48.8 Å². The summed E-state index contributed by atoms with van der Waals surface area (Å²) in [5, 5.41) is 0. The molecular weight excluding hydrogens is 708 g/mol. The van der Waals surface area contributed by atoms with Crippen LogP contribution in [0.15, 0.2) is 30.3 Å². The van der Waals surface area contributed by atoms with Crippen LogP contribution >= 0.6 is 0 Å². The standard InChI is InChI=1S/C35H46O18/c1-10-14-27(36)46-19(3)29(38)48-21(5)31(40)50-23(7)33(42)52-25(9)35(44)53-24(8)34(43)51-22(6)32(41)49-20(4)30(39)47-18(2)28(37)45-17-26-15-12-11-13-16-26/h11-13,15-16,18-25H,10,14,17H2,1-9H3/t18-,19+,20-,21-,22-,23-,24-,25-/m1/s1. The Labute approximate surface area is 305 Å². The summed E-state index contributed by atoms with van der Waals surface area (Å²) in [5.74, 6) is -9.48. The minimum absolute atomic E-state index is 0.0494. The number of ether oxygens (including phenoxy) is 9. The van der Waals surface area contributed by atoms with E-state index < -0.39 is 103 Å². The summed E-state index contributed by atoms with van der Waals surface area (Å²) in [4.78, 5) is 110. The van der Waals surface area contributed by atoms with Gasteiger partial charge < -0.3 is 42.6 Å². The Morgan fingerprint density at radius 2 is 0.679 bits per heavy atom. The molecule has 0 heterocycles. The second-order valence-corrected chi connectivity index (χ2v) is 11.5. The molecule has 294 valence electrons. The molecule has 0 N–H and O–H groups in total. The highest BCUT2D eigenvalue weighted by Crippen LogP contribution is 2.11. The quantitative estimate of drug-likeness (QED) is 0.137. The van der Waals surface area contributed by atoms with Gasteiger partial charge in [0.05, 0.1) is 0 Å². The third kappa shape index (κ3) is 16.6. The van der Waals surface area contributed by atoms with Gasteiger partial charge in [0.25, 0.3) is 0 Å². The van der Waals surface area contributed by atoms with Crippen molar-refractivity contribution in [3.05, 3.63) is 35.9 Å². The van der Waals surface area contributed by atoms with Crippen LogP contribution in [0.1, 0.15) is 80.7 Å². The van der Waals surface area contributed by atoms with E-state index in [1.807, 2.05) is 0 Å². The summed E-state index contributed by atoms with van der Waals surface area (Å²) in [6.07, 6.45) is -11.4. The van der Waals surface area contributed by atoms with Crippen LogP contribution in [0.2, 0.25) is 0 Å². The molecule has 0 unspecified atom stereocenters. The van der Waals surface area contributed by atoms with Crippen molar-refractivity contribution in [2.75, 3.05) is 0 Å². The average Bonchev–Trinajstić information content (AvgIpc) is 3.10. The molecular formula is C35H46O18. The highest BCUT2D eigenvalue weighted by molar-refractivity contribution is 5.88. The summed E-state index contributed by atoms with van der Waals surface area (Å²) in [6.45, 7) is 11.0. The molecule has 0 amide bonds. The van der Waals surface area contributed by atoms with Gasteiger partial charge in [-0.3, -0.25) is 4.79 Å². The first-order valence-electron chi connectivity index (χ1n) is 16.6. The number of benzene rings is 1. The summed E-state index contributed by atoms with van der Waals surface area (Å²) >= 11 is 0. The van der Waals surface area contributed by atoms with Crippen LogP contribution in [0.25, 0.3) is 0 Å². The zero-order chi connectivity index (χ0) is 40.4. The Morgan fingerprint density at radius 3 is 0.962 bits per heavy atom. The van der Waals surface area contributed by atoms with Crippen LogP contribution in [-0.4, -0.2) is 103 Å². The first-order valence-corrected chi connectivity index (χ1v) is 16.6. The van der Waals surface area contributed by atoms with Crippen molar-refractivity contribution in [1.82, 2.24) is 0 Å². The third-order valence-electron chi connectivity index (χ3n) is 6.69. The largest absolute Gasteiger partial charge is 0.458 e. The number of carbonyl (C=O) groups is 9. The SMILES string of the molecule is CCCC(=O)O[C@@H](C)C(=O)O[C@H](C)C(=O)O[C@H](C)C(=O)O[C@H](C)C(=O)O[C@H](C)C(=O)O[C@H](C)C(=O)O[C@H](C)C(=O)O[C@H](C)C(=O)OCc1ccccc1.